The number of nitrogens with two attached hydrogens (primary N) is 2. The molecule has 3 aromatic rings. The number of benzene rings is 2. The zero-order valence-corrected chi connectivity index (χ0v) is 22.9. The van der Waals surface area contributed by atoms with Crippen LogP contribution in [0.5, 0.6) is 5.75 Å². The van der Waals surface area contributed by atoms with E-state index in [0.29, 0.717) is 16.9 Å². The van der Waals surface area contributed by atoms with E-state index in [1.807, 2.05) is 6.92 Å². The summed E-state index contributed by atoms with van der Waals surface area (Å²) in [6.45, 7) is 5.47. The minimum Gasteiger partial charge on any atom is -0.496 e. The van der Waals surface area contributed by atoms with Gasteiger partial charge in [-0.2, -0.15) is 18.3 Å². The lowest BCUT2D eigenvalue weighted by Crippen LogP contribution is -2.48. The van der Waals surface area contributed by atoms with Gasteiger partial charge in [-0.25, -0.2) is 4.68 Å². The largest absolute Gasteiger partial charge is 0.496 e. The highest BCUT2D eigenvalue weighted by Crippen LogP contribution is 2.45. The van der Waals surface area contributed by atoms with E-state index < -0.39 is 36.6 Å². The Hall–Kier alpha value is -4.32. The van der Waals surface area contributed by atoms with Gasteiger partial charge in [0.1, 0.15) is 22.8 Å². The summed E-state index contributed by atoms with van der Waals surface area (Å²) in [6, 6.07) is 13.2. The molecule has 4 rings (SSSR count). The number of anilines is 1. The summed E-state index contributed by atoms with van der Waals surface area (Å²) in [5.74, 6) is -0.713. The summed E-state index contributed by atoms with van der Waals surface area (Å²) in [5, 5.41) is 17.2. The number of carbonyl (C=O) groups excluding carboxylic acids is 2. The topological polar surface area (TPSA) is 145 Å². The number of nitrogens with zero attached hydrogens (tertiary/aromatic N) is 2. The van der Waals surface area contributed by atoms with Crippen LogP contribution in [0.1, 0.15) is 64.9 Å². The maximum Gasteiger partial charge on any atom is 0.417 e. The van der Waals surface area contributed by atoms with Crippen LogP contribution in [0.15, 0.2) is 61.2 Å². The number of allylic oxidation sites excluding steroid dienone is 1. The minimum absolute atomic E-state index is 0.0234. The Morgan fingerprint density at radius 1 is 1.20 bits per heavy atom. The van der Waals surface area contributed by atoms with Crippen LogP contribution in [0, 0.1) is 0 Å². The van der Waals surface area contributed by atoms with Crippen molar-refractivity contribution in [1.82, 2.24) is 15.1 Å². The van der Waals surface area contributed by atoms with Gasteiger partial charge in [0.15, 0.2) is 5.60 Å². The Balaban J connectivity index is 0.00000147. The number of nitrogen functional groups attached to an aromatic ring is 1. The van der Waals surface area contributed by atoms with Gasteiger partial charge in [0.05, 0.1) is 18.7 Å². The number of carbonyl (C=O) groups is 2. The number of methoxy groups -OCH3 is 1. The molecule has 0 atom stereocenters. The normalized spacial score (nSPS) is 18.5. The van der Waals surface area contributed by atoms with Crippen molar-refractivity contribution in [2.24, 2.45) is 5.73 Å². The van der Waals surface area contributed by atoms with Gasteiger partial charge < -0.3 is 26.6 Å². The third-order valence-electron chi connectivity index (χ3n) is 6.88. The number of aromatic nitrogens is 2. The van der Waals surface area contributed by atoms with Crippen LogP contribution in [-0.4, -0.2) is 45.6 Å². The molecule has 0 saturated heterocycles. The number of nitrogens with one attached hydrogen (secondary N) is 1. The Labute approximate surface area is 236 Å². The Morgan fingerprint density at radius 3 is 2.32 bits per heavy atom. The molecule has 0 unspecified atom stereocenters. The number of aliphatic hydroxyl groups is 1. The number of hydrogen-bond acceptors (Lipinski definition) is 6. The third kappa shape index (κ3) is 6.88. The van der Waals surface area contributed by atoms with Crippen molar-refractivity contribution in [2.45, 2.75) is 57.0 Å². The molecule has 1 aliphatic carbocycles. The molecule has 2 amide bonds. The fourth-order valence-electron chi connectivity index (χ4n) is 4.67. The average Bonchev–Trinajstić information content (AvgIpc) is 3.29. The number of rotatable bonds is 7. The predicted molar refractivity (Wildman–Crippen MR) is 149 cm³/mol. The summed E-state index contributed by atoms with van der Waals surface area (Å²) < 4.78 is 46.1. The first kappa shape index (κ1) is 31.2. The van der Waals surface area contributed by atoms with Gasteiger partial charge >= 0.3 is 6.18 Å². The predicted octanol–water partition coefficient (Wildman–Crippen LogP) is 4.77. The number of para-hydroxylation sites is 1. The third-order valence-corrected chi connectivity index (χ3v) is 6.88. The minimum atomic E-state index is -4.73. The first-order valence-corrected chi connectivity index (χ1v) is 12.9. The standard InChI is InChI=1S/C26H28F3N5O4.C3H6/c1-38-19-5-3-2-4-18(19)24(36)32-14-15-6-8-16(9-7-15)21-20(23(31)35)22(30)34(33-21)17-10-12-25(37,13-11-17)26(27,28)29;1-3-2/h2-9,17,37H,10-14,30H2,1H3,(H2,31,35)(H,32,36);3H,1H2,2H3. The van der Waals surface area contributed by atoms with E-state index in [2.05, 4.69) is 17.0 Å². The van der Waals surface area contributed by atoms with Crippen LogP contribution in [0.3, 0.4) is 0 Å². The SMILES string of the molecule is C=CC.COc1ccccc1C(=O)NCc1ccc(-c2nn(C3CCC(O)(C(F)(F)F)CC3)c(N)c2C(N)=O)cc1. The molecule has 1 saturated carbocycles. The first-order chi connectivity index (χ1) is 19.4. The molecule has 6 N–H and O–H groups in total. The molecule has 0 aliphatic heterocycles. The molecule has 1 heterocycles. The maximum absolute atomic E-state index is 13.2. The van der Waals surface area contributed by atoms with Crippen molar-refractivity contribution in [2.75, 3.05) is 12.8 Å². The molecule has 0 bridgehead atoms. The molecule has 220 valence electrons. The molecule has 2 aromatic carbocycles. The molecule has 0 spiro atoms. The summed E-state index contributed by atoms with van der Waals surface area (Å²) in [5.41, 5.74) is 10.8. The highest BCUT2D eigenvalue weighted by molar-refractivity contribution is 6.03. The van der Waals surface area contributed by atoms with Gasteiger partial charge in [-0.05, 0) is 50.3 Å². The van der Waals surface area contributed by atoms with Gasteiger partial charge in [0.2, 0.25) is 0 Å². The monoisotopic (exact) mass is 573 g/mol. The van der Waals surface area contributed by atoms with Crippen molar-refractivity contribution in [1.29, 1.82) is 0 Å². The van der Waals surface area contributed by atoms with Crippen LogP contribution in [0.2, 0.25) is 0 Å². The van der Waals surface area contributed by atoms with E-state index in [4.69, 9.17) is 16.2 Å². The summed E-state index contributed by atoms with van der Waals surface area (Å²) in [7, 11) is 1.48. The molecule has 1 aromatic heterocycles. The van der Waals surface area contributed by atoms with Gasteiger partial charge in [-0.1, -0.05) is 42.5 Å². The average molecular weight is 574 g/mol. The van der Waals surface area contributed by atoms with E-state index in [0.717, 1.165) is 5.56 Å². The second-order valence-electron chi connectivity index (χ2n) is 9.67. The fourth-order valence-corrected chi connectivity index (χ4v) is 4.67. The van der Waals surface area contributed by atoms with Gasteiger partial charge in [-0.3, -0.25) is 9.59 Å². The smallest absolute Gasteiger partial charge is 0.417 e. The maximum atomic E-state index is 13.2. The summed E-state index contributed by atoms with van der Waals surface area (Å²) in [4.78, 5) is 24.8. The summed E-state index contributed by atoms with van der Waals surface area (Å²) >= 11 is 0. The lowest BCUT2D eigenvalue weighted by Gasteiger charge is -2.37. The molecular formula is C29H34F3N5O4. The van der Waals surface area contributed by atoms with Crippen molar-refractivity contribution in [3.63, 3.8) is 0 Å². The molecule has 1 fully saturated rings. The number of hydrogen-bond donors (Lipinski definition) is 4. The molecular weight excluding hydrogens is 539 g/mol. The number of amides is 2. The lowest BCUT2D eigenvalue weighted by molar-refractivity contribution is -0.271. The Bertz CT molecular complexity index is 1380. The Kier molecular flexibility index (Phi) is 9.82. The van der Waals surface area contributed by atoms with E-state index in [1.165, 1.54) is 11.8 Å². The lowest BCUT2D eigenvalue weighted by atomic mass is 9.81. The van der Waals surface area contributed by atoms with E-state index in [9.17, 15) is 27.9 Å². The van der Waals surface area contributed by atoms with Crippen LogP contribution in [0.4, 0.5) is 19.0 Å². The molecule has 1 aliphatic rings. The van der Waals surface area contributed by atoms with Crippen molar-refractivity contribution in [3.05, 3.63) is 77.9 Å². The van der Waals surface area contributed by atoms with Crippen LogP contribution in [0.25, 0.3) is 11.3 Å². The van der Waals surface area contributed by atoms with Gasteiger partial charge in [0.25, 0.3) is 11.8 Å². The van der Waals surface area contributed by atoms with E-state index >= 15 is 0 Å². The molecule has 0 radical (unpaired) electrons. The van der Waals surface area contributed by atoms with Crippen molar-refractivity contribution < 1.29 is 32.6 Å². The zero-order chi connectivity index (χ0) is 30.4. The number of ether oxygens (including phenoxy) is 1. The molecule has 41 heavy (non-hydrogen) atoms. The second kappa shape index (κ2) is 12.9. The summed E-state index contributed by atoms with van der Waals surface area (Å²) in [6.07, 6.45) is -4.03. The second-order valence-corrected chi connectivity index (χ2v) is 9.67. The zero-order valence-electron chi connectivity index (χ0n) is 22.9. The van der Waals surface area contributed by atoms with Gasteiger partial charge in [0, 0.05) is 12.1 Å². The Morgan fingerprint density at radius 2 is 1.78 bits per heavy atom. The van der Waals surface area contributed by atoms with E-state index in [-0.39, 0.29) is 42.4 Å². The molecule has 9 nitrogen and oxygen atoms in total. The first-order valence-electron chi connectivity index (χ1n) is 12.9. The number of alkyl halides is 3. The van der Waals surface area contributed by atoms with Crippen molar-refractivity contribution >= 4 is 17.6 Å². The van der Waals surface area contributed by atoms with Gasteiger partial charge in [-0.15, -0.1) is 6.58 Å². The van der Waals surface area contributed by atoms with Crippen LogP contribution >= 0.6 is 0 Å². The highest BCUT2D eigenvalue weighted by atomic mass is 19.4. The highest BCUT2D eigenvalue weighted by Gasteiger charge is 2.55. The number of halogens is 3. The number of primary amides is 1. The van der Waals surface area contributed by atoms with Crippen LogP contribution < -0.4 is 21.5 Å². The fraction of sp³-hybridized carbons (Fsp3) is 0.345. The molecule has 12 heteroatoms. The van der Waals surface area contributed by atoms with Crippen molar-refractivity contribution in [3.8, 4) is 17.0 Å². The van der Waals surface area contributed by atoms with Crippen LogP contribution in [-0.2, 0) is 6.54 Å². The van der Waals surface area contributed by atoms with E-state index in [1.54, 1.807) is 54.6 Å². The quantitative estimate of drug-likeness (QED) is 0.300.